The molecule has 1 saturated heterocycles. The fourth-order valence-corrected chi connectivity index (χ4v) is 2.03. The van der Waals surface area contributed by atoms with Crippen LogP contribution in [0, 0.1) is 0 Å². The molecule has 0 aromatic carbocycles. The Morgan fingerprint density at radius 1 is 1.29 bits per heavy atom. The zero-order valence-corrected chi connectivity index (χ0v) is 10.8. The van der Waals surface area contributed by atoms with Gasteiger partial charge in [0, 0.05) is 32.7 Å². The van der Waals surface area contributed by atoms with Gasteiger partial charge in [-0.25, -0.2) is 0 Å². The largest absolute Gasteiger partial charge is 0.432 e. The smallest absolute Gasteiger partial charge is 0.297 e. The second-order valence-electron chi connectivity index (χ2n) is 4.32. The number of nitrogens with zero attached hydrogens (tertiary/aromatic N) is 3. The molecule has 1 N–H and O–H groups in total. The van der Waals surface area contributed by atoms with Gasteiger partial charge >= 0.3 is 0 Å². The summed E-state index contributed by atoms with van der Waals surface area (Å²) < 4.78 is 5.53. The molecule has 17 heavy (non-hydrogen) atoms. The highest BCUT2D eigenvalue weighted by atomic mass is 16.4. The van der Waals surface area contributed by atoms with E-state index in [0.717, 1.165) is 57.5 Å². The highest BCUT2D eigenvalue weighted by Gasteiger charge is 2.19. The average Bonchev–Trinajstić information content (AvgIpc) is 2.85. The zero-order chi connectivity index (χ0) is 12.1. The van der Waals surface area contributed by atoms with Crippen molar-refractivity contribution in [3.05, 3.63) is 12.0 Å². The molecule has 0 spiro atoms. The molecule has 0 atom stereocenters. The third-order valence-corrected chi connectivity index (χ3v) is 3.19. The minimum atomic E-state index is 0.772. The van der Waals surface area contributed by atoms with Gasteiger partial charge in [-0.05, 0) is 13.1 Å². The molecule has 0 aliphatic carbocycles. The first-order chi connectivity index (χ1) is 8.33. The Morgan fingerprint density at radius 2 is 2.06 bits per heavy atom. The van der Waals surface area contributed by atoms with E-state index >= 15 is 0 Å². The van der Waals surface area contributed by atoms with Crippen LogP contribution in [0.2, 0.25) is 0 Å². The number of rotatable bonds is 5. The second-order valence-corrected chi connectivity index (χ2v) is 4.32. The van der Waals surface area contributed by atoms with Gasteiger partial charge in [0.15, 0.2) is 0 Å². The lowest BCUT2D eigenvalue weighted by Gasteiger charge is -2.32. The van der Waals surface area contributed by atoms with E-state index < -0.39 is 0 Å². The number of likely N-dealkylation sites (N-methyl/N-ethyl adjacent to an activating group) is 1. The predicted molar refractivity (Wildman–Crippen MR) is 68.2 cm³/mol. The van der Waals surface area contributed by atoms with Crippen LogP contribution in [0.5, 0.6) is 0 Å². The number of hydrogen-bond acceptors (Lipinski definition) is 5. The predicted octanol–water partition coefficient (Wildman–Crippen LogP) is 0.926. The summed E-state index contributed by atoms with van der Waals surface area (Å²) in [6, 6.07) is 0.772. The monoisotopic (exact) mass is 238 g/mol. The summed E-state index contributed by atoms with van der Waals surface area (Å²) in [5.74, 6) is 0. The number of anilines is 1. The topological polar surface area (TPSA) is 44.5 Å². The summed E-state index contributed by atoms with van der Waals surface area (Å²) in [7, 11) is 0. The molecule has 0 bridgehead atoms. The summed E-state index contributed by atoms with van der Waals surface area (Å²) in [6.07, 6.45) is 1.75. The van der Waals surface area contributed by atoms with Gasteiger partial charge < -0.3 is 19.5 Å². The first-order valence-electron chi connectivity index (χ1n) is 6.46. The fourth-order valence-electron chi connectivity index (χ4n) is 2.03. The maximum absolute atomic E-state index is 5.53. The quantitative estimate of drug-likeness (QED) is 0.826. The zero-order valence-electron chi connectivity index (χ0n) is 10.8. The van der Waals surface area contributed by atoms with E-state index in [0.29, 0.717) is 0 Å². The van der Waals surface area contributed by atoms with Gasteiger partial charge in [-0.1, -0.05) is 13.8 Å². The standard InChI is InChI=1S/C12H22N4O/c1-3-13-9-11-10-17-12(14-11)16-7-5-15(4-2)6-8-16/h10,13H,3-9H2,1-2H3. The van der Waals surface area contributed by atoms with E-state index in [1.807, 2.05) is 0 Å². The van der Waals surface area contributed by atoms with Crippen molar-refractivity contribution in [3.8, 4) is 0 Å². The summed E-state index contributed by atoms with van der Waals surface area (Å²) in [4.78, 5) is 9.17. The van der Waals surface area contributed by atoms with Crippen LogP contribution in [0.25, 0.3) is 0 Å². The highest BCUT2D eigenvalue weighted by Crippen LogP contribution is 2.15. The van der Waals surface area contributed by atoms with Crippen LogP contribution in [0.3, 0.4) is 0 Å². The lowest BCUT2D eigenvalue weighted by molar-refractivity contribution is 0.265. The third kappa shape index (κ3) is 3.20. The van der Waals surface area contributed by atoms with Crippen molar-refractivity contribution in [2.75, 3.05) is 44.2 Å². The van der Waals surface area contributed by atoms with E-state index in [1.54, 1.807) is 6.26 Å². The lowest BCUT2D eigenvalue weighted by atomic mass is 10.3. The van der Waals surface area contributed by atoms with E-state index in [9.17, 15) is 0 Å². The van der Waals surface area contributed by atoms with E-state index in [1.165, 1.54) is 0 Å². The minimum Gasteiger partial charge on any atom is -0.432 e. The second kappa shape index (κ2) is 6.02. The normalized spacial score (nSPS) is 17.6. The van der Waals surface area contributed by atoms with Crippen molar-refractivity contribution in [1.82, 2.24) is 15.2 Å². The molecule has 1 fully saturated rings. The summed E-state index contributed by atoms with van der Waals surface area (Å²) in [5, 5.41) is 3.25. The third-order valence-electron chi connectivity index (χ3n) is 3.19. The van der Waals surface area contributed by atoms with Crippen LogP contribution in [0.4, 0.5) is 6.01 Å². The molecule has 2 heterocycles. The first kappa shape index (κ1) is 12.4. The Hall–Kier alpha value is -1.07. The van der Waals surface area contributed by atoms with Crippen LogP contribution < -0.4 is 10.2 Å². The molecule has 1 aliphatic rings. The van der Waals surface area contributed by atoms with Crippen LogP contribution in [-0.4, -0.2) is 49.2 Å². The van der Waals surface area contributed by atoms with Crippen molar-refractivity contribution in [2.24, 2.45) is 0 Å². The van der Waals surface area contributed by atoms with Gasteiger partial charge in [-0.2, -0.15) is 4.98 Å². The Bertz CT molecular complexity index is 331. The molecule has 1 aliphatic heterocycles. The van der Waals surface area contributed by atoms with Crippen molar-refractivity contribution in [3.63, 3.8) is 0 Å². The molecule has 96 valence electrons. The number of oxazole rings is 1. The fraction of sp³-hybridized carbons (Fsp3) is 0.750. The Kier molecular flexibility index (Phi) is 4.39. The Labute approximate surface area is 103 Å². The maximum Gasteiger partial charge on any atom is 0.297 e. The molecular formula is C12H22N4O. The van der Waals surface area contributed by atoms with Gasteiger partial charge in [0.25, 0.3) is 6.01 Å². The first-order valence-corrected chi connectivity index (χ1v) is 6.46. The van der Waals surface area contributed by atoms with Crippen LogP contribution in [-0.2, 0) is 6.54 Å². The molecular weight excluding hydrogens is 216 g/mol. The van der Waals surface area contributed by atoms with Crippen molar-refractivity contribution in [1.29, 1.82) is 0 Å². The molecule has 1 aromatic heterocycles. The molecule has 1 aromatic rings. The van der Waals surface area contributed by atoms with Crippen LogP contribution in [0.1, 0.15) is 19.5 Å². The van der Waals surface area contributed by atoms with E-state index in [-0.39, 0.29) is 0 Å². The highest BCUT2D eigenvalue weighted by molar-refractivity contribution is 5.27. The van der Waals surface area contributed by atoms with E-state index in [4.69, 9.17) is 4.42 Å². The van der Waals surface area contributed by atoms with Crippen molar-refractivity contribution >= 4 is 6.01 Å². The summed E-state index contributed by atoms with van der Waals surface area (Å²) in [6.45, 7) is 11.4. The molecule has 2 rings (SSSR count). The molecule has 0 unspecified atom stereocenters. The molecule has 0 saturated carbocycles. The van der Waals surface area contributed by atoms with E-state index in [2.05, 4.69) is 33.9 Å². The van der Waals surface area contributed by atoms with Gasteiger partial charge in [-0.3, -0.25) is 0 Å². The average molecular weight is 238 g/mol. The molecule has 5 heteroatoms. The Balaban J connectivity index is 1.87. The number of nitrogens with one attached hydrogen (secondary N) is 1. The Morgan fingerprint density at radius 3 is 2.71 bits per heavy atom. The van der Waals surface area contributed by atoms with Crippen molar-refractivity contribution in [2.45, 2.75) is 20.4 Å². The molecule has 5 nitrogen and oxygen atoms in total. The van der Waals surface area contributed by atoms with Gasteiger partial charge in [0.2, 0.25) is 0 Å². The SMILES string of the molecule is CCNCc1coc(N2CCN(CC)CC2)n1. The number of aromatic nitrogens is 1. The van der Waals surface area contributed by atoms with Crippen LogP contribution >= 0.6 is 0 Å². The summed E-state index contributed by atoms with van der Waals surface area (Å²) >= 11 is 0. The number of piperazine rings is 1. The van der Waals surface area contributed by atoms with Gasteiger partial charge in [0.05, 0.1) is 5.69 Å². The van der Waals surface area contributed by atoms with Crippen LogP contribution in [0.15, 0.2) is 10.7 Å². The lowest BCUT2D eigenvalue weighted by Crippen LogP contribution is -2.46. The van der Waals surface area contributed by atoms with Gasteiger partial charge in [-0.15, -0.1) is 0 Å². The van der Waals surface area contributed by atoms with Crippen molar-refractivity contribution < 1.29 is 4.42 Å². The molecule has 0 radical (unpaired) electrons. The van der Waals surface area contributed by atoms with Gasteiger partial charge in [0.1, 0.15) is 6.26 Å². The molecule has 0 amide bonds. The summed E-state index contributed by atoms with van der Waals surface area (Å²) in [5.41, 5.74) is 0.986. The minimum absolute atomic E-state index is 0.772. The maximum atomic E-state index is 5.53. The number of hydrogen-bond donors (Lipinski definition) is 1.